The number of ether oxygens (including phenoxy) is 1. The van der Waals surface area contributed by atoms with E-state index in [1.54, 1.807) is 23.1 Å². The van der Waals surface area contributed by atoms with E-state index in [1.165, 1.54) is 12.1 Å². The number of carbonyl (C=O) groups is 1. The van der Waals surface area contributed by atoms with Crippen LogP contribution in [-0.4, -0.2) is 35.1 Å². The van der Waals surface area contributed by atoms with Gasteiger partial charge in [0.1, 0.15) is 17.6 Å². The fourth-order valence-electron chi connectivity index (χ4n) is 2.73. The van der Waals surface area contributed by atoms with E-state index in [1.807, 2.05) is 12.1 Å². The van der Waals surface area contributed by atoms with Crippen molar-refractivity contribution in [1.29, 1.82) is 0 Å². The number of piperidine rings is 1. The smallest absolute Gasteiger partial charge is 0.257 e. The van der Waals surface area contributed by atoms with Crippen LogP contribution >= 0.6 is 23.2 Å². The Labute approximate surface area is 150 Å². The average Bonchev–Trinajstić information content (AvgIpc) is 2.59. The quantitative estimate of drug-likeness (QED) is 0.877. The summed E-state index contributed by atoms with van der Waals surface area (Å²) in [5, 5.41) is 11.0. The molecule has 0 saturated carbocycles. The average molecular weight is 366 g/mol. The normalized spacial score (nSPS) is 15.3. The summed E-state index contributed by atoms with van der Waals surface area (Å²) in [4.78, 5) is 14.2. The van der Waals surface area contributed by atoms with Gasteiger partial charge in [0.15, 0.2) is 0 Å². The van der Waals surface area contributed by atoms with Crippen molar-refractivity contribution in [3.8, 4) is 11.5 Å². The van der Waals surface area contributed by atoms with Crippen LogP contribution in [0.25, 0.3) is 0 Å². The summed E-state index contributed by atoms with van der Waals surface area (Å²) in [5.74, 6) is 0.514. The molecule has 1 aliphatic heterocycles. The predicted molar refractivity (Wildman–Crippen MR) is 94.1 cm³/mol. The molecule has 2 aromatic rings. The number of hydrogen-bond acceptors (Lipinski definition) is 3. The molecule has 126 valence electrons. The van der Waals surface area contributed by atoms with E-state index >= 15 is 0 Å². The van der Waals surface area contributed by atoms with Gasteiger partial charge in [0.2, 0.25) is 0 Å². The molecule has 1 saturated heterocycles. The summed E-state index contributed by atoms with van der Waals surface area (Å²) >= 11 is 11.8. The first-order chi connectivity index (χ1) is 11.5. The number of rotatable bonds is 3. The second kappa shape index (κ2) is 7.32. The molecule has 1 aliphatic rings. The van der Waals surface area contributed by atoms with Crippen molar-refractivity contribution in [2.45, 2.75) is 18.9 Å². The molecule has 0 radical (unpaired) electrons. The molecule has 2 aromatic carbocycles. The molecule has 0 bridgehead atoms. The van der Waals surface area contributed by atoms with Crippen LogP contribution in [0.2, 0.25) is 10.0 Å². The molecule has 6 heteroatoms. The van der Waals surface area contributed by atoms with Crippen LogP contribution in [0.5, 0.6) is 11.5 Å². The summed E-state index contributed by atoms with van der Waals surface area (Å²) in [6.45, 7) is 1.14. The molecule has 1 fully saturated rings. The zero-order valence-electron chi connectivity index (χ0n) is 12.9. The number of phenols is 1. The highest BCUT2D eigenvalue weighted by molar-refractivity contribution is 6.31. The van der Waals surface area contributed by atoms with Gasteiger partial charge in [-0.2, -0.15) is 0 Å². The number of phenolic OH excluding ortho intramolecular Hbond substituents is 1. The number of benzene rings is 2. The highest BCUT2D eigenvalue weighted by Crippen LogP contribution is 2.26. The SMILES string of the molecule is O=C(c1cc(Cl)ccc1O)N1CCC(Oc2ccc(Cl)cc2)CC1. The Hall–Kier alpha value is -1.91. The molecule has 0 aromatic heterocycles. The topological polar surface area (TPSA) is 49.8 Å². The van der Waals surface area contributed by atoms with Gasteiger partial charge in [-0.1, -0.05) is 23.2 Å². The van der Waals surface area contributed by atoms with Gasteiger partial charge in [-0.05, 0) is 42.5 Å². The van der Waals surface area contributed by atoms with Crippen LogP contribution in [0, 0.1) is 0 Å². The van der Waals surface area contributed by atoms with Crippen LogP contribution in [0.1, 0.15) is 23.2 Å². The highest BCUT2D eigenvalue weighted by atomic mass is 35.5. The van der Waals surface area contributed by atoms with Crippen LogP contribution < -0.4 is 4.74 Å². The molecular formula is C18H17Cl2NO3. The lowest BCUT2D eigenvalue weighted by molar-refractivity contribution is 0.0593. The summed E-state index contributed by atoms with van der Waals surface area (Å²) in [7, 11) is 0. The Balaban J connectivity index is 1.59. The third-order valence-corrected chi connectivity index (χ3v) is 4.52. The standard InChI is InChI=1S/C18H17Cl2NO3/c19-12-1-4-14(5-2-12)24-15-7-9-21(10-8-15)18(23)16-11-13(20)3-6-17(16)22/h1-6,11,15,22H,7-10H2. The van der Waals surface area contributed by atoms with Crippen molar-refractivity contribution in [2.24, 2.45) is 0 Å². The molecule has 0 spiro atoms. The van der Waals surface area contributed by atoms with Crippen LogP contribution in [0.4, 0.5) is 0 Å². The third kappa shape index (κ3) is 3.94. The number of likely N-dealkylation sites (tertiary alicyclic amines) is 1. The minimum absolute atomic E-state index is 0.0519. The summed E-state index contributed by atoms with van der Waals surface area (Å²) in [6, 6.07) is 11.7. The molecule has 3 rings (SSSR count). The second-order valence-electron chi connectivity index (χ2n) is 5.72. The molecule has 0 atom stereocenters. The number of aromatic hydroxyl groups is 1. The fraction of sp³-hybridized carbons (Fsp3) is 0.278. The van der Waals surface area contributed by atoms with Gasteiger partial charge in [0, 0.05) is 36.0 Å². The monoisotopic (exact) mass is 365 g/mol. The van der Waals surface area contributed by atoms with Crippen LogP contribution in [-0.2, 0) is 0 Å². The van der Waals surface area contributed by atoms with Crippen LogP contribution in [0.3, 0.4) is 0 Å². The van der Waals surface area contributed by atoms with Crippen molar-refractivity contribution in [2.75, 3.05) is 13.1 Å². The Morgan fingerprint density at radius 3 is 2.33 bits per heavy atom. The number of amides is 1. The first-order valence-electron chi connectivity index (χ1n) is 7.73. The molecule has 0 unspecified atom stereocenters. The molecule has 1 N–H and O–H groups in total. The number of carbonyl (C=O) groups excluding carboxylic acids is 1. The predicted octanol–water partition coefficient (Wildman–Crippen LogP) is 4.38. The Kier molecular flexibility index (Phi) is 5.17. The van der Waals surface area contributed by atoms with Gasteiger partial charge < -0.3 is 14.7 Å². The van der Waals surface area contributed by atoms with Crippen molar-refractivity contribution < 1.29 is 14.6 Å². The number of hydrogen-bond donors (Lipinski definition) is 1. The molecule has 1 heterocycles. The van der Waals surface area contributed by atoms with E-state index in [0.717, 1.165) is 18.6 Å². The van der Waals surface area contributed by atoms with Crippen molar-refractivity contribution in [1.82, 2.24) is 4.90 Å². The van der Waals surface area contributed by atoms with Crippen molar-refractivity contribution >= 4 is 29.1 Å². The molecule has 24 heavy (non-hydrogen) atoms. The maximum atomic E-state index is 12.5. The summed E-state index contributed by atoms with van der Waals surface area (Å²) in [6.07, 6.45) is 1.52. The lowest BCUT2D eigenvalue weighted by atomic mass is 10.1. The lowest BCUT2D eigenvalue weighted by Gasteiger charge is -2.32. The molecule has 1 amide bonds. The Morgan fingerprint density at radius 2 is 1.67 bits per heavy atom. The van der Waals surface area contributed by atoms with Gasteiger partial charge in [0.05, 0.1) is 5.56 Å². The van der Waals surface area contributed by atoms with E-state index in [9.17, 15) is 9.90 Å². The van der Waals surface area contributed by atoms with E-state index in [4.69, 9.17) is 27.9 Å². The minimum Gasteiger partial charge on any atom is -0.507 e. The van der Waals surface area contributed by atoms with Gasteiger partial charge in [-0.3, -0.25) is 4.79 Å². The fourth-order valence-corrected chi connectivity index (χ4v) is 3.03. The van der Waals surface area contributed by atoms with Crippen LogP contribution in [0.15, 0.2) is 42.5 Å². The molecule has 0 aliphatic carbocycles. The molecule has 4 nitrogen and oxygen atoms in total. The number of nitrogens with zero attached hydrogens (tertiary/aromatic N) is 1. The van der Waals surface area contributed by atoms with Gasteiger partial charge in [-0.25, -0.2) is 0 Å². The van der Waals surface area contributed by atoms with Gasteiger partial charge in [-0.15, -0.1) is 0 Å². The largest absolute Gasteiger partial charge is 0.507 e. The van der Waals surface area contributed by atoms with Crippen molar-refractivity contribution in [3.63, 3.8) is 0 Å². The van der Waals surface area contributed by atoms with Gasteiger partial charge >= 0.3 is 0 Å². The first-order valence-corrected chi connectivity index (χ1v) is 8.48. The molecular weight excluding hydrogens is 349 g/mol. The van der Waals surface area contributed by atoms with Crippen molar-refractivity contribution in [3.05, 3.63) is 58.1 Å². The number of halogens is 2. The first kappa shape index (κ1) is 16.9. The zero-order chi connectivity index (χ0) is 17.1. The maximum absolute atomic E-state index is 12.5. The lowest BCUT2D eigenvalue weighted by Crippen LogP contribution is -2.41. The van der Waals surface area contributed by atoms with Gasteiger partial charge in [0.25, 0.3) is 5.91 Å². The zero-order valence-corrected chi connectivity index (χ0v) is 14.4. The Bertz CT molecular complexity index is 726. The second-order valence-corrected chi connectivity index (χ2v) is 6.60. The minimum atomic E-state index is -0.208. The summed E-state index contributed by atoms with van der Waals surface area (Å²) < 4.78 is 5.92. The summed E-state index contributed by atoms with van der Waals surface area (Å²) in [5.41, 5.74) is 0.236. The Morgan fingerprint density at radius 1 is 1.04 bits per heavy atom. The van der Waals surface area contributed by atoms with E-state index in [0.29, 0.717) is 23.1 Å². The van der Waals surface area contributed by atoms with E-state index in [-0.39, 0.29) is 23.3 Å². The maximum Gasteiger partial charge on any atom is 0.257 e. The van der Waals surface area contributed by atoms with E-state index < -0.39 is 0 Å². The third-order valence-electron chi connectivity index (χ3n) is 4.03. The van der Waals surface area contributed by atoms with E-state index in [2.05, 4.69) is 0 Å². The highest BCUT2D eigenvalue weighted by Gasteiger charge is 2.26.